The van der Waals surface area contributed by atoms with Crippen molar-refractivity contribution >= 4 is 23.0 Å². The van der Waals surface area contributed by atoms with Gasteiger partial charge in [-0.15, -0.1) is 0 Å². The SMILES string of the molecule is S=C(Nc1ccccc1)NC1CN2CCC1CC2. The fraction of sp³-hybridized carbons (Fsp3) is 0.500. The second-order valence-electron chi connectivity index (χ2n) is 5.21. The van der Waals surface area contributed by atoms with E-state index < -0.39 is 0 Å². The molecule has 3 aliphatic heterocycles. The van der Waals surface area contributed by atoms with Gasteiger partial charge in [0, 0.05) is 18.3 Å². The highest BCUT2D eigenvalue weighted by Crippen LogP contribution is 2.27. The van der Waals surface area contributed by atoms with Gasteiger partial charge in [-0.2, -0.15) is 0 Å². The first-order valence-corrected chi connectivity index (χ1v) is 7.07. The van der Waals surface area contributed by atoms with Gasteiger partial charge in [-0.1, -0.05) is 18.2 Å². The number of hydrogen-bond acceptors (Lipinski definition) is 2. The number of nitrogens with one attached hydrogen (secondary N) is 2. The molecule has 3 fully saturated rings. The van der Waals surface area contributed by atoms with Crippen LogP contribution in [0.4, 0.5) is 5.69 Å². The zero-order valence-electron chi connectivity index (χ0n) is 10.4. The summed E-state index contributed by atoms with van der Waals surface area (Å²) in [6, 6.07) is 10.6. The Kier molecular flexibility index (Phi) is 3.48. The molecule has 3 saturated heterocycles. The van der Waals surface area contributed by atoms with E-state index in [-0.39, 0.29) is 0 Å². The van der Waals surface area contributed by atoms with Crippen LogP contribution in [-0.2, 0) is 0 Å². The van der Waals surface area contributed by atoms with Crippen molar-refractivity contribution in [2.45, 2.75) is 18.9 Å². The summed E-state index contributed by atoms with van der Waals surface area (Å²) in [5.41, 5.74) is 1.05. The summed E-state index contributed by atoms with van der Waals surface area (Å²) in [6.07, 6.45) is 2.62. The zero-order valence-corrected chi connectivity index (χ0v) is 11.2. The van der Waals surface area contributed by atoms with E-state index in [2.05, 4.69) is 15.5 Å². The molecular formula is C14H19N3S. The fourth-order valence-corrected chi connectivity index (χ4v) is 3.25. The molecule has 3 nitrogen and oxygen atoms in total. The van der Waals surface area contributed by atoms with Crippen molar-refractivity contribution in [2.24, 2.45) is 5.92 Å². The Balaban J connectivity index is 1.55. The minimum absolute atomic E-state index is 0.524. The molecule has 1 aromatic carbocycles. The largest absolute Gasteiger partial charge is 0.358 e. The minimum Gasteiger partial charge on any atom is -0.358 e. The summed E-state index contributed by atoms with van der Waals surface area (Å²) >= 11 is 5.39. The lowest BCUT2D eigenvalue weighted by atomic mass is 9.84. The number of anilines is 1. The van der Waals surface area contributed by atoms with Crippen LogP contribution in [0.3, 0.4) is 0 Å². The Morgan fingerprint density at radius 3 is 2.50 bits per heavy atom. The normalized spacial score (nSPS) is 29.9. The number of piperidine rings is 3. The minimum atomic E-state index is 0.524. The van der Waals surface area contributed by atoms with Crippen LogP contribution in [0.5, 0.6) is 0 Å². The van der Waals surface area contributed by atoms with E-state index in [0.29, 0.717) is 6.04 Å². The lowest BCUT2D eigenvalue weighted by Gasteiger charge is -2.45. The Morgan fingerprint density at radius 1 is 1.17 bits per heavy atom. The predicted octanol–water partition coefficient (Wildman–Crippen LogP) is 2.07. The molecule has 0 aromatic heterocycles. The average Bonchev–Trinajstić information content (AvgIpc) is 2.41. The van der Waals surface area contributed by atoms with Crippen LogP contribution in [0, 0.1) is 5.92 Å². The van der Waals surface area contributed by atoms with Gasteiger partial charge in [0.1, 0.15) is 0 Å². The molecule has 4 heteroatoms. The zero-order chi connectivity index (χ0) is 12.4. The van der Waals surface area contributed by atoms with Crippen molar-refractivity contribution in [1.82, 2.24) is 10.2 Å². The average molecular weight is 261 g/mol. The van der Waals surface area contributed by atoms with Gasteiger partial charge in [0.2, 0.25) is 0 Å². The third kappa shape index (κ3) is 2.65. The maximum atomic E-state index is 5.39. The topological polar surface area (TPSA) is 27.3 Å². The Hall–Kier alpha value is -1.13. The van der Waals surface area contributed by atoms with Crippen LogP contribution < -0.4 is 10.6 Å². The van der Waals surface area contributed by atoms with Crippen LogP contribution in [0.25, 0.3) is 0 Å². The lowest BCUT2D eigenvalue weighted by Crippen LogP contribution is -2.57. The predicted molar refractivity (Wildman–Crippen MR) is 78.8 cm³/mol. The molecule has 0 amide bonds. The number of hydrogen-bond donors (Lipinski definition) is 2. The fourth-order valence-electron chi connectivity index (χ4n) is 2.99. The summed E-state index contributed by atoms with van der Waals surface area (Å²) in [5.74, 6) is 0.797. The molecule has 1 atom stereocenters. The molecule has 0 aliphatic carbocycles. The second-order valence-corrected chi connectivity index (χ2v) is 5.62. The molecule has 1 unspecified atom stereocenters. The van der Waals surface area contributed by atoms with Gasteiger partial charge < -0.3 is 15.5 Å². The number of fused-ring (bicyclic) bond motifs is 3. The van der Waals surface area contributed by atoms with E-state index in [4.69, 9.17) is 12.2 Å². The van der Waals surface area contributed by atoms with Gasteiger partial charge in [-0.25, -0.2) is 0 Å². The highest BCUT2D eigenvalue weighted by Gasteiger charge is 2.34. The third-order valence-corrected chi connectivity index (χ3v) is 4.22. The number of benzene rings is 1. The van der Waals surface area contributed by atoms with Gasteiger partial charge in [0.25, 0.3) is 0 Å². The molecule has 1 aromatic rings. The molecule has 4 rings (SSSR count). The van der Waals surface area contributed by atoms with Crippen molar-refractivity contribution in [3.05, 3.63) is 30.3 Å². The molecule has 0 saturated carbocycles. The van der Waals surface area contributed by atoms with Crippen molar-refractivity contribution in [3.63, 3.8) is 0 Å². The molecule has 2 N–H and O–H groups in total. The van der Waals surface area contributed by atoms with Crippen LogP contribution >= 0.6 is 12.2 Å². The lowest BCUT2D eigenvalue weighted by molar-refractivity contribution is 0.0815. The Bertz CT molecular complexity index is 412. The molecule has 96 valence electrons. The van der Waals surface area contributed by atoms with Gasteiger partial charge in [0.05, 0.1) is 0 Å². The van der Waals surface area contributed by atoms with Crippen LogP contribution in [-0.4, -0.2) is 35.7 Å². The van der Waals surface area contributed by atoms with E-state index in [1.165, 1.54) is 25.9 Å². The van der Waals surface area contributed by atoms with Crippen LogP contribution in [0.1, 0.15) is 12.8 Å². The number of rotatable bonds is 2. The maximum absolute atomic E-state index is 5.39. The Labute approximate surface area is 114 Å². The summed E-state index contributed by atoms with van der Waals surface area (Å²) in [7, 11) is 0. The molecule has 2 bridgehead atoms. The van der Waals surface area contributed by atoms with E-state index in [1.807, 2.05) is 30.3 Å². The Morgan fingerprint density at radius 2 is 1.89 bits per heavy atom. The molecule has 18 heavy (non-hydrogen) atoms. The first-order valence-electron chi connectivity index (χ1n) is 6.66. The number of nitrogens with zero attached hydrogens (tertiary/aromatic N) is 1. The van der Waals surface area contributed by atoms with Gasteiger partial charge in [-0.3, -0.25) is 0 Å². The van der Waals surface area contributed by atoms with Crippen molar-refractivity contribution in [2.75, 3.05) is 25.0 Å². The first-order chi connectivity index (χ1) is 8.81. The van der Waals surface area contributed by atoms with Crippen molar-refractivity contribution < 1.29 is 0 Å². The molecule has 3 heterocycles. The van der Waals surface area contributed by atoms with E-state index in [9.17, 15) is 0 Å². The van der Waals surface area contributed by atoms with Gasteiger partial charge in [0.15, 0.2) is 5.11 Å². The summed E-state index contributed by atoms with van der Waals surface area (Å²) in [4.78, 5) is 2.53. The van der Waals surface area contributed by atoms with E-state index in [0.717, 1.165) is 23.3 Å². The van der Waals surface area contributed by atoms with E-state index >= 15 is 0 Å². The van der Waals surface area contributed by atoms with Crippen molar-refractivity contribution in [1.29, 1.82) is 0 Å². The van der Waals surface area contributed by atoms with Crippen molar-refractivity contribution in [3.8, 4) is 0 Å². The maximum Gasteiger partial charge on any atom is 0.171 e. The second kappa shape index (κ2) is 5.24. The van der Waals surface area contributed by atoms with Gasteiger partial charge in [-0.05, 0) is 56.2 Å². The summed E-state index contributed by atoms with van der Waals surface area (Å²) < 4.78 is 0. The molecule has 0 radical (unpaired) electrons. The third-order valence-electron chi connectivity index (χ3n) is 4.00. The van der Waals surface area contributed by atoms with Crippen LogP contribution in [0.15, 0.2) is 30.3 Å². The molecular weight excluding hydrogens is 242 g/mol. The summed E-state index contributed by atoms with van der Waals surface area (Å²) in [6.45, 7) is 3.67. The number of thiocarbonyl (C=S) groups is 1. The summed E-state index contributed by atoms with van der Waals surface area (Å²) in [5, 5.41) is 7.48. The smallest absolute Gasteiger partial charge is 0.171 e. The first kappa shape index (κ1) is 11.9. The molecule has 3 aliphatic rings. The standard InChI is InChI=1S/C14H19N3S/c18-14(15-12-4-2-1-3-5-12)16-13-10-17-8-6-11(13)7-9-17/h1-5,11,13H,6-10H2,(H2,15,16,18). The quantitative estimate of drug-likeness (QED) is 0.797. The molecule has 0 spiro atoms. The highest BCUT2D eigenvalue weighted by atomic mass is 32.1. The van der Waals surface area contributed by atoms with Gasteiger partial charge >= 0.3 is 0 Å². The van der Waals surface area contributed by atoms with E-state index in [1.54, 1.807) is 0 Å². The number of para-hydroxylation sites is 1. The monoisotopic (exact) mass is 261 g/mol. The van der Waals surface area contributed by atoms with Crippen LogP contribution in [0.2, 0.25) is 0 Å². The highest BCUT2D eigenvalue weighted by molar-refractivity contribution is 7.80.